The molecule has 9 heteroatoms. The predicted octanol–water partition coefficient (Wildman–Crippen LogP) is 2.48. The smallest absolute Gasteiger partial charge is 0.282 e. The summed E-state index contributed by atoms with van der Waals surface area (Å²) in [6, 6.07) is 0. The van der Waals surface area contributed by atoms with Gasteiger partial charge in [-0.1, -0.05) is 12.1 Å². The van der Waals surface area contributed by atoms with Gasteiger partial charge in [-0.05, 0) is 12.8 Å². The van der Waals surface area contributed by atoms with Gasteiger partial charge in [-0.25, -0.2) is 9.67 Å². The Hall–Kier alpha value is -1.77. The molecule has 108 valence electrons. The van der Waals surface area contributed by atoms with Gasteiger partial charge in [-0.3, -0.25) is 4.79 Å². The summed E-state index contributed by atoms with van der Waals surface area (Å²) in [7, 11) is 0. The molecular weight excluding hydrogens is 293 g/mol. The zero-order valence-electron chi connectivity index (χ0n) is 10.5. The Bertz CT molecular complexity index is 605. The predicted molar refractivity (Wildman–Crippen MR) is 65.6 cm³/mol. The molecule has 2 aromatic heterocycles. The SMILES string of the molecule is CCCc1nc(Cn2cc(C(=O)C(F)(F)F)nn2)cs1. The van der Waals surface area contributed by atoms with Gasteiger partial charge in [0, 0.05) is 5.38 Å². The number of aromatic nitrogens is 4. The Kier molecular flexibility index (Phi) is 4.17. The van der Waals surface area contributed by atoms with Crippen LogP contribution in [0.5, 0.6) is 0 Å². The summed E-state index contributed by atoms with van der Waals surface area (Å²) in [6.07, 6.45) is -2.12. The lowest BCUT2D eigenvalue weighted by molar-refractivity contribution is -0.0888. The van der Waals surface area contributed by atoms with E-state index in [0.29, 0.717) is 5.69 Å². The van der Waals surface area contributed by atoms with Crippen molar-refractivity contribution in [3.8, 4) is 0 Å². The minimum absolute atomic E-state index is 0.193. The van der Waals surface area contributed by atoms with Crippen molar-refractivity contribution in [3.05, 3.63) is 28.0 Å². The van der Waals surface area contributed by atoms with Crippen molar-refractivity contribution in [2.24, 2.45) is 0 Å². The van der Waals surface area contributed by atoms with Crippen molar-refractivity contribution in [3.63, 3.8) is 0 Å². The van der Waals surface area contributed by atoms with Gasteiger partial charge in [0.1, 0.15) is 0 Å². The third-order valence-corrected chi connectivity index (χ3v) is 3.37. The van der Waals surface area contributed by atoms with E-state index >= 15 is 0 Å². The van der Waals surface area contributed by atoms with E-state index in [1.807, 2.05) is 12.3 Å². The number of rotatable bonds is 5. The third-order valence-electron chi connectivity index (χ3n) is 2.42. The summed E-state index contributed by atoms with van der Waals surface area (Å²) in [5, 5.41) is 9.54. The topological polar surface area (TPSA) is 60.7 Å². The van der Waals surface area contributed by atoms with Crippen LogP contribution in [0.3, 0.4) is 0 Å². The molecule has 0 spiro atoms. The number of thiazole rings is 1. The van der Waals surface area contributed by atoms with Gasteiger partial charge in [-0.2, -0.15) is 13.2 Å². The van der Waals surface area contributed by atoms with Crippen molar-refractivity contribution in [2.75, 3.05) is 0 Å². The second-order valence-electron chi connectivity index (χ2n) is 4.11. The zero-order valence-corrected chi connectivity index (χ0v) is 11.3. The van der Waals surface area contributed by atoms with Crippen LogP contribution in [0.4, 0.5) is 13.2 Å². The Labute approximate surface area is 116 Å². The molecule has 0 aliphatic rings. The van der Waals surface area contributed by atoms with E-state index in [-0.39, 0.29) is 6.54 Å². The maximum absolute atomic E-state index is 12.2. The highest BCUT2D eigenvalue weighted by atomic mass is 32.1. The monoisotopic (exact) mass is 304 g/mol. The van der Waals surface area contributed by atoms with Gasteiger partial charge in [0.05, 0.1) is 23.4 Å². The van der Waals surface area contributed by atoms with Crippen LogP contribution in [0.25, 0.3) is 0 Å². The number of hydrogen-bond donors (Lipinski definition) is 0. The molecule has 0 fully saturated rings. The lowest BCUT2D eigenvalue weighted by Crippen LogP contribution is -2.23. The molecule has 2 aromatic rings. The minimum atomic E-state index is -4.93. The summed E-state index contributed by atoms with van der Waals surface area (Å²) >= 11 is 1.49. The number of Topliss-reactive ketones (excluding diaryl/α,β-unsaturated/α-hetero) is 1. The van der Waals surface area contributed by atoms with Crippen molar-refractivity contribution in [2.45, 2.75) is 32.5 Å². The number of ketones is 1. The molecule has 0 aromatic carbocycles. The maximum Gasteiger partial charge on any atom is 0.456 e. The van der Waals surface area contributed by atoms with Crippen LogP contribution in [-0.2, 0) is 13.0 Å². The van der Waals surface area contributed by atoms with E-state index in [2.05, 4.69) is 15.3 Å². The molecule has 0 saturated carbocycles. The van der Waals surface area contributed by atoms with Crippen molar-refractivity contribution in [1.29, 1.82) is 0 Å². The average molecular weight is 304 g/mol. The van der Waals surface area contributed by atoms with Gasteiger partial charge in [-0.15, -0.1) is 16.4 Å². The van der Waals surface area contributed by atoms with Crippen LogP contribution < -0.4 is 0 Å². The normalized spacial score (nSPS) is 11.8. The minimum Gasteiger partial charge on any atom is -0.282 e. The number of carbonyl (C=O) groups is 1. The number of halogens is 3. The molecule has 5 nitrogen and oxygen atoms in total. The Balaban J connectivity index is 2.07. The molecule has 2 heterocycles. The van der Waals surface area contributed by atoms with Crippen molar-refractivity contribution >= 4 is 17.1 Å². The first-order valence-corrected chi connectivity index (χ1v) is 6.73. The third kappa shape index (κ3) is 3.41. The van der Waals surface area contributed by atoms with Crippen LogP contribution in [0, 0.1) is 0 Å². The van der Waals surface area contributed by atoms with Crippen LogP contribution >= 0.6 is 11.3 Å². The second-order valence-corrected chi connectivity index (χ2v) is 5.05. The molecule has 0 unspecified atom stereocenters. The molecule has 0 aliphatic carbocycles. The number of hydrogen-bond acceptors (Lipinski definition) is 5. The van der Waals surface area contributed by atoms with E-state index in [4.69, 9.17) is 0 Å². The fourth-order valence-corrected chi connectivity index (χ4v) is 2.43. The molecule has 0 N–H and O–H groups in total. The molecule has 0 atom stereocenters. The van der Waals surface area contributed by atoms with E-state index in [9.17, 15) is 18.0 Å². The lowest BCUT2D eigenvalue weighted by atomic mass is 10.3. The van der Waals surface area contributed by atoms with Gasteiger partial charge in [0.15, 0.2) is 5.69 Å². The Morgan fingerprint density at radius 2 is 2.20 bits per heavy atom. The molecule has 20 heavy (non-hydrogen) atoms. The standard InChI is InChI=1S/C11H11F3N4OS/c1-2-3-9-15-7(6-20-9)4-18-5-8(16-17-18)10(19)11(12,13)14/h5-6H,2-4H2,1H3. The number of carbonyl (C=O) groups excluding carboxylic acids is 1. The van der Waals surface area contributed by atoms with E-state index in [1.54, 1.807) is 0 Å². The van der Waals surface area contributed by atoms with Crippen molar-refractivity contribution < 1.29 is 18.0 Å². The number of nitrogens with zero attached hydrogens (tertiary/aromatic N) is 4. The van der Waals surface area contributed by atoms with Crippen LogP contribution in [0.1, 0.15) is 34.5 Å². The van der Waals surface area contributed by atoms with Crippen LogP contribution in [0.2, 0.25) is 0 Å². The van der Waals surface area contributed by atoms with Gasteiger partial charge in [0.2, 0.25) is 0 Å². The fourth-order valence-electron chi connectivity index (χ4n) is 1.54. The van der Waals surface area contributed by atoms with Gasteiger partial charge < -0.3 is 0 Å². The van der Waals surface area contributed by atoms with E-state index in [1.165, 1.54) is 16.0 Å². The highest BCUT2D eigenvalue weighted by Gasteiger charge is 2.41. The first kappa shape index (κ1) is 14.6. The highest BCUT2D eigenvalue weighted by molar-refractivity contribution is 7.09. The fraction of sp³-hybridized carbons (Fsp3) is 0.455. The molecule has 0 saturated heterocycles. The summed E-state index contributed by atoms with van der Waals surface area (Å²) < 4.78 is 37.8. The van der Waals surface area contributed by atoms with Crippen LogP contribution in [0.15, 0.2) is 11.6 Å². The van der Waals surface area contributed by atoms with E-state index < -0.39 is 17.7 Å². The van der Waals surface area contributed by atoms with Gasteiger partial charge >= 0.3 is 6.18 Å². The van der Waals surface area contributed by atoms with Gasteiger partial charge in [0.25, 0.3) is 5.78 Å². The first-order chi connectivity index (χ1) is 9.40. The zero-order chi connectivity index (χ0) is 14.8. The summed E-state index contributed by atoms with van der Waals surface area (Å²) in [4.78, 5) is 15.3. The first-order valence-electron chi connectivity index (χ1n) is 5.85. The molecular formula is C11H11F3N4OS. The summed E-state index contributed by atoms with van der Waals surface area (Å²) in [5.41, 5.74) is -0.0177. The van der Waals surface area contributed by atoms with E-state index in [0.717, 1.165) is 24.0 Å². The highest BCUT2D eigenvalue weighted by Crippen LogP contribution is 2.20. The van der Waals surface area contributed by atoms with Crippen LogP contribution in [-0.4, -0.2) is 31.9 Å². The summed E-state index contributed by atoms with van der Waals surface area (Å²) in [6.45, 7) is 2.23. The average Bonchev–Trinajstić information content (AvgIpc) is 2.98. The Morgan fingerprint density at radius 1 is 1.45 bits per heavy atom. The number of aryl methyl sites for hydroxylation is 1. The lowest BCUT2D eigenvalue weighted by Gasteiger charge is -2.00. The molecule has 0 bridgehead atoms. The summed E-state index contributed by atoms with van der Waals surface area (Å²) in [5.74, 6) is -1.99. The molecule has 0 amide bonds. The Morgan fingerprint density at radius 3 is 2.85 bits per heavy atom. The molecule has 0 aliphatic heterocycles. The quantitative estimate of drug-likeness (QED) is 0.796. The molecule has 0 radical (unpaired) electrons. The van der Waals surface area contributed by atoms with Crippen molar-refractivity contribution in [1.82, 2.24) is 20.0 Å². The second kappa shape index (κ2) is 5.70. The number of alkyl halides is 3. The molecule has 2 rings (SSSR count). The largest absolute Gasteiger partial charge is 0.456 e. The maximum atomic E-state index is 12.2.